The van der Waals surface area contributed by atoms with Gasteiger partial charge in [0, 0.05) is 12.1 Å². The van der Waals surface area contributed by atoms with Crippen LogP contribution in [0.2, 0.25) is 0 Å². The molecule has 2 aromatic carbocycles. The molecule has 1 N–H and O–H groups in total. The van der Waals surface area contributed by atoms with Gasteiger partial charge in [-0.05, 0) is 36.4 Å². The molecule has 0 spiro atoms. The lowest BCUT2D eigenvalue weighted by Gasteiger charge is -2.10. The minimum Gasteiger partial charge on any atom is -0.495 e. The van der Waals surface area contributed by atoms with Crippen molar-refractivity contribution in [2.75, 3.05) is 18.2 Å². The van der Waals surface area contributed by atoms with E-state index in [0.717, 1.165) is 0 Å². The molecular weight excluding hydrogens is 419 g/mol. The number of aromatic nitrogens is 3. The summed E-state index contributed by atoms with van der Waals surface area (Å²) in [6.45, 7) is 4.12. The van der Waals surface area contributed by atoms with Crippen LogP contribution in [0, 0.1) is 5.82 Å². The molecule has 1 aromatic heterocycles. The normalized spacial score (nSPS) is 10.5. The van der Waals surface area contributed by atoms with Crippen LogP contribution in [0.4, 0.5) is 10.1 Å². The standard InChI is InChI=1S/C22H21FN4O3S/c1-3-12-27-20(13-21(29)24-17-6-4-5-7-19(17)30-2)25-26-22(27)31-14-18(28)15-8-10-16(23)11-9-15/h3-11H,1,12-14H2,2H3,(H,24,29). The Hall–Kier alpha value is -3.46. The van der Waals surface area contributed by atoms with Gasteiger partial charge >= 0.3 is 0 Å². The molecule has 7 nitrogen and oxygen atoms in total. The Morgan fingerprint density at radius 3 is 2.65 bits per heavy atom. The van der Waals surface area contributed by atoms with Crippen LogP contribution in [0.1, 0.15) is 16.2 Å². The van der Waals surface area contributed by atoms with Crippen LogP contribution >= 0.6 is 11.8 Å². The highest BCUT2D eigenvalue weighted by Crippen LogP contribution is 2.24. The van der Waals surface area contributed by atoms with Crippen LogP contribution in [-0.4, -0.2) is 39.3 Å². The van der Waals surface area contributed by atoms with Crippen molar-refractivity contribution in [3.05, 3.63) is 78.4 Å². The lowest BCUT2D eigenvalue weighted by molar-refractivity contribution is -0.115. The van der Waals surface area contributed by atoms with E-state index in [1.54, 1.807) is 28.8 Å². The summed E-state index contributed by atoms with van der Waals surface area (Å²) in [6.07, 6.45) is 1.65. The van der Waals surface area contributed by atoms with E-state index in [1.165, 1.54) is 43.1 Å². The van der Waals surface area contributed by atoms with Crippen molar-refractivity contribution in [1.29, 1.82) is 0 Å². The van der Waals surface area contributed by atoms with E-state index in [4.69, 9.17) is 4.74 Å². The number of para-hydroxylation sites is 2. The third kappa shape index (κ3) is 5.79. The van der Waals surface area contributed by atoms with Gasteiger partial charge in [-0.15, -0.1) is 16.8 Å². The largest absolute Gasteiger partial charge is 0.495 e. The van der Waals surface area contributed by atoms with E-state index >= 15 is 0 Å². The fraction of sp³-hybridized carbons (Fsp3) is 0.182. The summed E-state index contributed by atoms with van der Waals surface area (Å²) in [5, 5.41) is 11.5. The van der Waals surface area contributed by atoms with E-state index in [0.29, 0.717) is 34.5 Å². The predicted octanol–water partition coefficient (Wildman–Crippen LogP) is 3.77. The number of nitrogens with one attached hydrogen (secondary N) is 1. The first-order valence-electron chi connectivity index (χ1n) is 9.39. The molecule has 160 valence electrons. The highest BCUT2D eigenvalue weighted by molar-refractivity contribution is 7.99. The Kier molecular flexibility index (Phi) is 7.55. The van der Waals surface area contributed by atoms with E-state index in [9.17, 15) is 14.0 Å². The van der Waals surface area contributed by atoms with Crippen molar-refractivity contribution in [2.45, 2.75) is 18.1 Å². The zero-order valence-corrected chi connectivity index (χ0v) is 17.7. The van der Waals surface area contributed by atoms with Gasteiger partial charge < -0.3 is 14.6 Å². The van der Waals surface area contributed by atoms with E-state index in [1.807, 2.05) is 6.07 Å². The van der Waals surface area contributed by atoms with Gasteiger partial charge in [-0.25, -0.2) is 4.39 Å². The number of hydrogen-bond acceptors (Lipinski definition) is 6. The molecule has 0 saturated heterocycles. The third-order valence-corrected chi connectivity index (χ3v) is 5.27. The third-order valence-electron chi connectivity index (χ3n) is 4.30. The van der Waals surface area contributed by atoms with Crippen LogP contribution in [0.15, 0.2) is 66.3 Å². The molecule has 0 saturated carbocycles. The van der Waals surface area contributed by atoms with Crippen molar-refractivity contribution in [3.8, 4) is 5.75 Å². The number of benzene rings is 2. The number of nitrogens with zero attached hydrogens (tertiary/aromatic N) is 3. The quantitative estimate of drug-likeness (QED) is 0.293. The monoisotopic (exact) mass is 440 g/mol. The Morgan fingerprint density at radius 2 is 1.94 bits per heavy atom. The number of amides is 1. The fourth-order valence-electron chi connectivity index (χ4n) is 2.80. The predicted molar refractivity (Wildman–Crippen MR) is 117 cm³/mol. The number of hydrogen-bond donors (Lipinski definition) is 1. The maximum absolute atomic E-state index is 13.0. The van der Waals surface area contributed by atoms with Crippen molar-refractivity contribution in [3.63, 3.8) is 0 Å². The van der Waals surface area contributed by atoms with Crippen LogP contribution in [-0.2, 0) is 17.8 Å². The molecule has 0 atom stereocenters. The molecule has 3 rings (SSSR count). The van der Waals surface area contributed by atoms with Crippen molar-refractivity contribution in [1.82, 2.24) is 14.8 Å². The van der Waals surface area contributed by atoms with Gasteiger partial charge in [-0.1, -0.05) is 30.0 Å². The Morgan fingerprint density at radius 1 is 1.19 bits per heavy atom. The van der Waals surface area contributed by atoms with Gasteiger partial charge in [0.1, 0.15) is 17.4 Å². The van der Waals surface area contributed by atoms with Crippen molar-refractivity contribution < 1.29 is 18.7 Å². The topological polar surface area (TPSA) is 86.1 Å². The summed E-state index contributed by atoms with van der Waals surface area (Å²) in [4.78, 5) is 24.9. The van der Waals surface area contributed by atoms with Gasteiger partial charge in [0.15, 0.2) is 10.9 Å². The number of ether oxygens (including phenoxy) is 1. The van der Waals surface area contributed by atoms with Gasteiger partial charge in [0.05, 0.1) is 25.0 Å². The molecule has 3 aromatic rings. The van der Waals surface area contributed by atoms with Crippen LogP contribution in [0.5, 0.6) is 5.75 Å². The SMILES string of the molecule is C=CCn1c(CC(=O)Nc2ccccc2OC)nnc1SCC(=O)c1ccc(F)cc1. The van der Waals surface area contributed by atoms with Crippen LogP contribution in [0.3, 0.4) is 0 Å². The Labute approximate surface area is 183 Å². The number of allylic oxidation sites excluding steroid dienone is 1. The maximum Gasteiger partial charge on any atom is 0.232 e. The zero-order chi connectivity index (χ0) is 22.2. The summed E-state index contributed by atoms with van der Waals surface area (Å²) in [5.74, 6) is 0.276. The molecule has 0 radical (unpaired) electrons. The summed E-state index contributed by atoms with van der Waals surface area (Å²) in [7, 11) is 1.53. The maximum atomic E-state index is 13.0. The first-order valence-corrected chi connectivity index (χ1v) is 10.4. The molecule has 0 aliphatic rings. The molecule has 0 fully saturated rings. The van der Waals surface area contributed by atoms with Gasteiger partial charge in [0.2, 0.25) is 5.91 Å². The first-order chi connectivity index (χ1) is 15.0. The molecule has 9 heteroatoms. The number of thioether (sulfide) groups is 1. The van der Waals surface area contributed by atoms with E-state index < -0.39 is 5.82 Å². The summed E-state index contributed by atoms with van der Waals surface area (Å²) in [5.41, 5.74) is 0.976. The molecule has 1 heterocycles. The first kappa shape index (κ1) is 22.2. The molecule has 0 aliphatic heterocycles. The smallest absolute Gasteiger partial charge is 0.232 e. The average Bonchev–Trinajstić information content (AvgIpc) is 3.14. The number of halogens is 1. The van der Waals surface area contributed by atoms with Crippen LogP contribution in [0.25, 0.3) is 0 Å². The summed E-state index contributed by atoms with van der Waals surface area (Å²) >= 11 is 1.20. The number of ketones is 1. The highest BCUT2D eigenvalue weighted by atomic mass is 32.2. The Bertz CT molecular complexity index is 1080. The van der Waals surface area contributed by atoms with Crippen molar-refractivity contribution in [2.24, 2.45) is 0 Å². The minimum atomic E-state index is -0.397. The number of carbonyl (C=O) groups excluding carboxylic acids is 2. The van der Waals surface area contributed by atoms with Gasteiger partial charge in [-0.3, -0.25) is 9.59 Å². The Balaban J connectivity index is 1.68. The molecular formula is C22H21FN4O3S. The molecule has 0 bridgehead atoms. The zero-order valence-electron chi connectivity index (χ0n) is 16.9. The number of carbonyl (C=O) groups is 2. The second kappa shape index (κ2) is 10.5. The number of anilines is 1. The molecule has 0 aliphatic carbocycles. The number of rotatable bonds is 10. The summed E-state index contributed by atoms with van der Waals surface area (Å²) < 4.78 is 20.0. The number of methoxy groups -OCH3 is 1. The van der Waals surface area contributed by atoms with E-state index in [-0.39, 0.29) is 23.9 Å². The lowest BCUT2D eigenvalue weighted by Crippen LogP contribution is -2.18. The second-order valence-corrected chi connectivity index (χ2v) is 7.38. The van der Waals surface area contributed by atoms with Crippen molar-refractivity contribution >= 4 is 29.1 Å². The molecule has 1 amide bonds. The summed E-state index contributed by atoms with van der Waals surface area (Å²) in [6, 6.07) is 12.5. The second-order valence-electron chi connectivity index (χ2n) is 6.44. The lowest BCUT2D eigenvalue weighted by atomic mass is 10.1. The van der Waals surface area contributed by atoms with Gasteiger partial charge in [0.25, 0.3) is 0 Å². The van der Waals surface area contributed by atoms with Gasteiger partial charge in [-0.2, -0.15) is 0 Å². The van der Waals surface area contributed by atoms with E-state index in [2.05, 4.69) is 22.1 Å². The molecule has 31 heavy (non-hydrogen) atoms. The highest BCUT2D eigenvalue weighted by Gasteiger charge is 2.17. The fourth-order valence-corrected chi connectivity index (χ4v) is 3.67. The molecule has 0 unspecified atom stereocenters. The number of Topliss-reactive ketones (excluding diaryl/α,β-unsaturated/α-hetero) is 1. The average molecular weight is 441 g/mol. The minimum absolute atomic E-state index is 0.00857. The van der Waals surface area contributed by atoms with Crippen LogP contribution < -0.4 is 10.1 Å².